The third-order valence-electron chi connectivity index (χ3n) is 6.61. The lowest BCUT2D eigenvalue weighted by Gasteiger charge is -2.35. The third-order valence-corrected chi connectivity index (χ3v) is 6.61. The van der Waals surface area contributed by atoms with Crippen LogP contribution in [-0.2, 0) is 9.53 Å². The number of carbonyl (C=O) groups excluding carboxylic acids is 3. The third kappa shape index (κ3) is 5.30. The highest BCUT2D eigenvalue weighted by molar-refractivity contribution is 5.98. The van der Waals surface area contributed by atoms with Gasteiger partial charge in [-0.25, -0.2) is 4.39 Å². The number of methoxy groups -OCH3 is 1. The molecule has 2 aromatic rings. The lowest BCUT2D eigenvalue weighted by atomic mass is 10.1. The van der Waals surface area contributed by atoms with Crippen LogP contribution >= 0.6 is 0 Å². The van der Waals surface area contributed by atoms with E-state index in [0.29, 0.717) is 19.7 Å². The highest BCUT2D eigenvalue weighted by atomic mass is 19.1. The Kier molecular flexibility index (Phi) is 7.35. The second kappa shape index (κ2) is 10.4. The van der Waals surface area contributed by atoms with Gasteiger partial charge in [-0.3, -0.25) is 14.4 Å². The van der Waals surface area contributed by atoms with Crippen LogP contribution in [0.2, 0.25) is 0 Å². The molecular weight excluding hydrogens is 453 g/mol. The number of halogens is 1. The van der Waals surface area contributed by atoms with E-state index in [1.807, 2.05) is 24.3 Å². The summed E-state index contributed by atoms with van der Waals surface area (Å²) in [5, 5.41) is 2.37. The van der Waals surface area contributed by atoms with Gasteiger partial charge in [-0.15, -0.1) is 0 Å². The van der Waals surface area contributed by atoms with E-state index in [2.05, 4.69) is 5.32 Å². The molecule has 1 saturated carbocycles. The molecule has 8 nitrogen and oxygen atoms in total. The summed E-state index contributed by atoms with van der Waals surface area (Å²) in [6.07, 6.45) is 0.428. The molecule has 1 heterocycles. The maximum absolute atomic E-state index is 14.3. The number of para-hydroxylation sites is 1. The Balaban J connectivity index is 1.34. The minimum absolute atomic E-state index is 0.0415. The maximum Gasteiger partial charge on any atom is 0.254 e. The molecule has 2 aromatic carbocycles. The minimum atomic E-state index is -0.751. The first-order chi connectivity index (χ1) is 16.8. The average Bonchev–Trinajstić information content (AvgIpc) is 3.68. The number of hydrogen-bond donors (Lipinski definition) is 1. The molecule has 2 aliphatic rings. The van der Waals surface area contributed by atoms with Gasteiger partial charge >= 0.3 is 0 Å². The first kappa shape index (κ1) is 24.7. The van der Waals surface area contributed by atoms with Gasteiger partial charge in [-0.05, 0) is 42.2 Å². The Morgan fingerprint density at radius 2 is 2.00 bits per heavy atom. The Bertz CT molecular complexity index is 1120. The minimum Gasteiger partial charge on any atom is -0.496 e. The molecule has 3 amide bonds. The molecule has 4 rings (SSSR count). The molecule has 0 aromatic heterocycles. The standard InChI is InChI=1S/C26H30FN3O5/c1-28-24(31)19-9-8-16(12-22(19)27)25(32)30-10-11-35-17(15-30)14-29(2)26(33)21-13-20(21)18-6-4-5-7-23(18)34-3/h4-9,12,17,20-21H,10-11,13-15H2,1-3H3,(H,28,31)/t17?,20-,21+/m0/s1. The first-order valence-corrected chi connectivity index (χ1v) is 11.6. The number of ether oxygens (including phenoxy) is 2. The summed E-state index contributed by atoms with van der Waals surface area (Å²) in [5.74, 6) is -0.768. The monoisotopic (exact) mass is 483 g/mol. The Labute approximate surface area is 204 Å². The van der Waals surface area contributed by atoms with E-state index in [1.165, 1.54) is 19.2 Å². The number of hydrogen-bond acceptors (Lipinski definition) is 5. The number of rotatable bonds is 7. The van der Waals surface area contributed by atoms with Gasteiger partial charge in [0.15, 0.2) is 0 Å². The summed E-state index contributed by atoms with van der Waals surface area (Å²) in [7, 11) is 4.79. The second-order valence-corrected chi connectivity index (χ2v) is 8.93. The lowest BCUT2D eigenvalue weighted by Crippen LogP contribution is -2.50. The van der Waals surface area contributed by atoms with Crippen LogP contribution in [0.25, 0.3) is 0 Å². The quantitative estimate of drug-likeness (QED) is 0.653. The van der Waals surface area contributed by atoms with Gasteiger partial charge in [-0.2, -0.15) is 0 Å². The van der Waals surface area contributed by atoms with Crippen molar-refractivity contribution in [1.29, 1.82) is 0 Å². The van der Waals surface area contributed by atoms with Crippen molar-refractivity contribution in [1.82, 2.24) is 15.1 Å². The number of likely N-dealkylation sites (N-methyl/N-ethyl adjacent to an activating group) is 1. The first-order valence-electron chi connectivity index (χ1n) is 11.6. The van der Waals surface area contributed by atoms with E-state index >= 15 is 0 Å². The predicted molar refractivity (Wildman–Crippen MR) is 127 cm³/mol. The fourth-order valence-corrected chi connectivity index (χ4v) is 4.63. The zero-order chi connectivity index (χ0) is 25.1. The summed E-state index contributed by atoms with van der Waals surface area (Å²) < 4.78 is 25.6. The average molecular weight is 484 g/mol. The molecule has 1 unspecified atom stereocenters. The van der Waals surface area contributed by atoms with Crippen molar-refractivity contribution < 1.29 is 28.2 Å². The van der Waals surface area contributed by atoms with Crippen molar-refractivity contribution in [3.63, 3.8) is 0 Å². The van der Waals surface area contributed by atoms with Crippen molar-refractivity contribution in [3.05, 3.63) is 65.0 Å². The highest BCUT2D eigenvalue weighted by Crippen LogP contribution is 2.51. The molecule has 2 fully saturated rings. The predicted octanol–water partition coefficient (Wildman–Crippen LogP) is 2.30. The molecule has 35 heavy (non-hydrogen) atoms. The number of carbonyl (C=O) groups is 3. The van der Waals surface area contributed by atoms with Gasteiger partial charge in [0.1, 0.15) is 11.6 Å². The van der Waals surface area contributed by atoms with Gasteiger partial charge in [0.05, 0.1) is 25.4 Å². The Hall–Kier alpha value is -3.46. The number of amides is 3. The zero-order valence-electron chi connectivity index (χ0n) is 20.1. The van der Waals surface area contributed by atoms with Crippen LogP contribution in [0.3, 0.4) is 0 Å². The van der Waals surface area contributed by atoms with Gasteiger partial charge < -0.3 is 24.6 Å². The molecule has 186 valence electrons. The van der Waals surface area contributed by atoms with E-state index < -0.39 is 11.7 Å². The van der Waals surface area contributed by atoms with Crippen molar-refractivity contribution in [2.24, 2.45) is 5.92 Å². The van der Waals surface area contributed by atoms with Crippen molar-refractivity contribution in [2.75, 3.05) is 47.4 Å². The van der Waals surface area contributed by atoms with Gasteiger partial charge in [0.2, 0.25) is 5.91 Å². The summed E-state index contributed by atoms with van der Waals surface area (Å²) in [6, 6.07) is 11.6. The smallest absolute Gasteiger partial charge is 0.254 e. The van der Waals surface area contributed by atoms with Gasteiger partial charge in [-0.1, -0.05) is 18.2 Å². The number of morpholine rings is 1. The Morgan fingerprint density at radius 3 is 2.71 bits per heavy atom. The van der Waals surface area contributed by atoms with Crippen LogP contribution in [0.15, 0.2) is 42.5 Å². The van der Waals surface area contributed by atoms with E-state index in [-0.39, 0.29) is 47.4 Å². The highest BCUT2D eigenvalue weighted by Gasteiger charge is 2.46. The molecule has 9 heteroatoms. The molecule has 3 atom stereocenters. The van der Waals surface area contributed by atoms with E-state index in [1.54, 1.807) is 24.0 Å². The van der Waals surface area contributed by atoms with Crippen LogP contribution in [-0.4, -0.2) is 81.1 Å². The van der Waals surface area contributed by atoms with Crippen LogP contribution in [0.5, 0.6) is 5.75 Å². The van der Waals surface area contributed by atoms with E-state index in [4.69, 9.17) is 9.47 Å². The van der Waals surface area contributed by atoms with Crippen LogP contribution in [0.4, 0.5) is 4.39 Å². The normalized spacial score (nSPS) is 21.3. The van der Waals surface area contributed by atoms with Crippen LogP contribution in [0, 0.1) is 11.7 Å². The fraction of sp³-hybridized carbons (Fsp3) is 0.423. The zero-order valence-corrected chi connectivity index (χ0v) is 20.1. The topological polar surface area (TPSA) is 88.2 Å². The molecule has 1 aliphatic heterocycles. The second-order valence-electron chi connectivity index (χ2n) is 8.93. The van der Waals surface area contributed by atoms with E-state index in [0.717, 1.165) is 23.8 Å². The fourth-order valence-electron chi connectivity index (χ4n) is 4.63. The molecule has 1 N–H and O–H groups in total. The Morgan fingerprint density at radius 1 is 1.23 bits per heavy atom. The molecule has 0 spiro atoms. The summed E-state index contributed by atoms with van der Waals surface area (Å²) >= 11 is 0. The van der Waals surface area contributed by atoms with Crippen LogP contribution in [0.1, 0.15) is 38.6 Å². The molecular formula is C26H30FN3O5. The summed E-state index contributed by atoms with van der Waals surface area (Å²) in [5.41, 5.74) is 1.09. The van der Waals surface area contributed by atoms with Crippen molar-refractivity contribution in [3.8, 4) is 5.75 Å². The summed E-state index contributed by atoms with van der Waals surface area (Å²) in [4.78, 5) is 40.9. The molecule has 0 bridgehead atoms. The molecule has 1 aliphatic carbocycles. The number of benzene rings is 2. The number of nitrogens with zero attached hydrogens (tertiary/aromatic N) is 2. The van der Waals surface area contributed by atoms with Crippen molar-refractivity contribution >= 4 is 17.7 Å². The van der Waals surface area contributed by atoms with Gasteiger partial charge in [0.25, 0.3) is 11.8 Å². The lowest BCUT2D eigenvalue weighted by molar-refractivity contribution is -0.134. The largest absolute Gasteiger partial charge is 0.496 e. The maximum atomic E-state index is 14.3. The van der Waals surface area contributed by atoms with E-state index in [9.17, 15) is 18.8 Å². The molecule has 0 radical (unpaired) electrons. The molecule has 1 saturated heterocycles. The van der Waals surface area contributed by atoms with Crippen molar-refractivity contribution in [2.45, 2.75) is 18.4 Å². The van der Waals surface area contributed by atoms with Gasteiger partial charge in [0, 0.05) is 45.2 Å². The SMILES string of the molecule is CNC(=O)c1ccc(C(=O)N2CCOC(CN(C)C(=O)[C@@H]3C[C@H]3c3ccccc3OC)C2)cc1F. The van der Waals surface area contributed by atoms with Crippen LogP contribution < -0.4 is 10.1 Å². The number of nitrogens with one attached hydrogen (secondary N) is 1. The summed E-state index contributed by atoms with van der Waals surface area (Å²) in [6.45, 7) is 1.33.